The van der Waals surface area contributed by atoms with E-state index in [1.54, 1.807) is 0 Å². The van der Waals surface area contributed by atoms with E-state index in [4.69, 9.17) is 11.2 Å². The number of amides is 1. The van der Waals surface area contributed by atoms with Crippen molar-refractivity contribution in [3.05, 3.63) is 59.7 Å². The molecule has 0 heterocycles. The van der Waals surface area contributed by atoms with Gasteiger partial charge in [-0.3, -0.25) is 0 Å². The maximum atomic E-state index is 12.5. The van der Waals surface area contributed by atoms with Gasteiger partial charge in [0.05, 0.1) is 0 Å². The molecule has 1 unspecified atom stereocenters. The lowest BCUT2D eigenvalue weighted by molar-refractivity contribution is -0.144. The summed E-state index contributed by atoms with van der Waals surface area (Å²) in [5.74, 6) is 1.43. The highest BCUT2D eigenvalue weighted by molar-refractivity contribution is 5.84. The van der Waals surface area contributed by atoms with E-state index in [0.717, 1.165) is 35.1 Å². The molecule has 0 aliphatic heterocycles. The Hall–Kier alpha value is -3.26. The van der Waals surface area contributed by atoms with Gasteiger partial charge in [-0.05, 0) is 42.0 Å². The maximum Gasteiger partial charge on any atom is 0.408 e. The number of unbranched alkanes of at least 4 members (excludes halogenated alkanes) is 3. The second-order valence-electron chi connectivity index (χ2n) is 7.85. The third kappa shape index (κ3) is 4.65. The van der Waals surface area contributed by atoms with Crippen molar-refractivity contribution < 1.29 is 19.4 Å². The highest BCUT2D eigenvalue weighted by atomic mass is 16.5. The molecular formula is C25H27NO4. The molecule has 2 aromatic carbocycles. The molecule has 0 aromatic heterocycles. The van der Waals surface area contributed by atoms with Crippen molar-refractivity contribution in [1.82, 2.24) is 5.32 Å². The number of ether oxygens (including phenoxy) is 1. The number of rotatable bonds is 9. The molecule has 1 atom stereocenters. The summed E-state index contributed by atoms with van der Waals surface area (Å²) in [7, 11) is 0. The Morgan fingerprint density at radius 2 is 1.67 bits per heavy atom. The van der Waals surface area contributed by atoms with Crippen molar-refractivity contribution >= 4 is 12.1 Å². The summed E-state index contributed by atoms with van der Waals surface area (Å²) >= 11 is 0. The first-order valence-corrected chi connectivity index (χ1v) is 10.3. The average Bonchev–Trinajstić information content (AvgIpc) is 3.06. The van der Waals surface area contributed by atoms with E-state index in [0.29, 0.717) is 19.3 Å². The van der Waals surface area contributed by atoms with Crippen LogP contribution in [0.15, 0.2) is 48.5 Å². The highest BCUT2D eigenvalue weighted by Gasteiger charge is 2.35. The van der Waals surface area contributed by atoms with Gasteiger partial charge in [0.1, 0.15) is 12.1 Å². The Bertz CT molecular complexity index is 916. The van der Waals surface area contributed by atoms with E-state index in [1.165, 1.54) is 6.92 Å². The lowest BCUT2D eigenvalue weighted by atomic mass is 9.94. The summed E-state index contributed by atoms with van der Waals surface area (Å²) in [4.78, 5) is 24.2. The molecule has 2 N–H and O–H groups in total. The number of aliphatic carboxylic acids is 1. The number of carbonyl (C=O) groups excluding carboxylic acids is 1. The van der Waals surface area contributed by atoms with Gasteiger partial charge in [0, 0.05) is 12.3 Å². The summed E-state index contributed by atoms with van der Waals surface area (Å²) in [6, 6.07) is 16.1. The number of carboxylic acid groups (broad SMARTS) is 1. The minimum absolute atomic E-state index is 0.0667. The number of alkyl carbamates (subject to hydrolysis) is 1. The fraction of sp³-hybridized carbons (Fsp3) is 0.360. The third-order valence-electron chi connectivity index (χ3n) is 5.69. The number of hydrogen-bond donors (Lipinski definition) is 2. The van der Waals surface area contributed by atoms with Crippen LogP contribution in [-0.2, 0) is 9.53 Å². The van der Waals surface area contributed by atoms with Gasteiger partial charge in [0.15, 0.2) is 0 Å². The fourth-order valence-corrected chi connectivity index (χ4v) is 3.97. The Morgan fingerprint density at radius 3 is 2.23 bits per heavy atom. The van der Waals surface area contributed by atoms with Crippen LogP contribution in [-0.4, -0.2) is 29.3 Å². The molecule has 30 heavy (non-hydrogen) atoms. The second kappa shape index (κ2) is 9.49. The number of fused-ring (bicyclic) bond motifs is 3. The number of carbonyl (C=O) groups is 2. The van der Waals surface area contributed by atoms with Gasteiger partial charge >= 0.3 is 12.1 Å². The van der Waals surface area contributed by atoms with Crippen molar-refractivity contribution in [3.8, 4) is 23.5 Å². The minimum Gasteiger partial charge on any atom is -0.480 e. The van der Waals surface area contributed by atoms with Crippen LogP contribution in [0.5, 0.6) is 0 Å². The molecule has 1 aliphatic rings. The van der Waals surface area contributed by atoms with Gasteiger partial charge in [0.25, 0.3) is 0 Å². The van der Waals surface area contributed by atoms with Crippen LogP contribution < -0.4 is 5.32 Å². The lowest BCUT2D eigenvalue weighted by Crippen LogP contribution is -2.52. The highest BCUT2D eigenvalue weighted by Crippen LogP contribution is 2.44. The minimum atomic E-state index is -1.38. The zero-order chi connectivity index (χ0) is 21.6. The summed E-state index contributed by atoms with van der Waals surface area (Å²) in [6.45, 7) is 1.66. The second-order valence-corrected chi connectivity index (χ2v) is 7.85. The van der Waals surface area contributed by atoms with Crippen LogP contribution >= 0.6 is 0 Å². The SMILES string of the molecule is C#CCCCCCC(C)(NC(=O)OCC1c2ccccc2-c2ccccc21)C(=O)O. The van der Waals surface area contributed by atoms with Crippen molar-refractivity contribution in [2.75, 3.05) is 6.61 Å². The summed E-state index contributed by atoms with van der Waals surface area (Å²) < 4.78 is 5.49. The van der Waals surface area contributed by atoms with Gasteiger partial charge < -0.3 is 15.2 Å². The standard InChI is InChI=1S/C25H27NO4/c1-3-4-5-6-11-16-25(2,23(27)28)26-24(29)30-17-22-20-14-9-7-12-18(20)19-13-8-10-15-21(19)22/h1,7-10,12-15,22H,4-6,11,16-17H2,2H3,(H,26,29)(H,27,28). The molecule has 5 heteroatoms. The molecule has 0 fully saturated rings. The summed E-state index contributed by atoms with van der Waals surface area (Å²) in [5, 5.41) is 12.2. The van der Waals surface area contributed by atoms with Gasteiger partial charge in [-0.2, -0.15) is 0 Å². The topological polar surface area (TPSA) is 75.6 Å². The maximum absolute atomic E-state index is 12.5. The molecule has 0 saturated heterocycles. The number of carboxylic acids is 1. The molecule has 156 valence electrons. The molecule has 3 rings (SSSR count). The van der Waals surface area contributed by atoms with E-state index >= 15 is 0 Å². The zero-order valence-electron chi connectivity index (χ0n) is 17.2. The van der Waals surface area contributed by atoms with E-state index in [1.807, 2.05) is 36.4 Å². The van der Waals surface area contributed by atoms with Crippen molar-refractivity contribution in [2.45, 2.75) is 50.5 Å². The monoisotopic (exact) mass is 405 g/mol. The van der Waals surface area contributed by atoms with E-state index in [9.17, 15) is 14.7 Å². The van der Waals surface area contributed by atoms with Gasteiger partial charge in [-0.1, -0.05) is 61.4 Å². The summed E-state index contributed by atoms with van der Waals surface area (Å²) in [5.41, 5.74) is 3.13. The first-order valence-electron chi connectivity index (χ1n) is 10.3. The zero-order valence-corrected chi connectivity index (χ0v) is 17.2. The third-order valence-corrected chi connectivity index (χ3v) is 5.69. The van der Waals surface area contributed by atoms with Crippen LogP contribution in [0.3, 0.4) is 0 Å². The first-order chi connectivity index (χ1) is 14.5. The Kier molecular flexibility index (Phi) is 6.79. The van der Waals surface area contributed by atoms with Crippen LogP contribution in [0.2, 0.25) is 0 Å². The number of nitrogens with one attached hydrogen (secondary N) is 1. The Balaban J connectivity index is 1.62. The Labute approximate surface area is 177 Å². The number of hydrogen-bond acceptors (Lipinski definition) is 3. The van der Waals surface area contributed by atoms with Crippen LogP contribution in [0, 0.1) is 12.3 Å². The van der Waals surface area contributed by atoms with Gasteiger partial charge in [-0.25, -0.2) is 9.59 Å². The molecule has 0 spiro atoms. The van der Waals surface area contributed by atoms with Crippen molar-refractivity contribution in [3.63, 3.8) is 0 Å². The quantitative estimate of drug-likeness (QED) is 0.457. The summed E-state index contributed by atoms with van der Waals surface area (Å²) in [6.07, 6.45) is 7.83. The first kappa shape index (κ1) is 21.4. The predicted molar refractivity (Wildman–Crippen MR) is 116 cm³/mol. The largest absolute Gasteiger partial charge is 0.480 e. The number of terminal acetylenes is 1. The normalized spacial score (nSPS) is 14.1. The fourth-order valence-electron chi connectivity index (χ4n) is 3.97. The van der Waals surface area contributed by atoms with Crippen molar-refractivity contribution in [2.24, 2.45) is 0 Å². The molecule has 0 saturated carbocycles. The smallest absolute Gasteiger partial charge is 0.408 e. The van der Waals surface area contributed by atoms with Crippen LogP contribution in [0.4, 0.5) is 4.79 Å². The molecule has 0 bridgehead atoms. The van der Waals surface area contributed by atoms with Gasteiger partial charge in [-0.15, -0.1) is 12.3 Å². The molecular weight excluding hydrogens is 378 g/mol. The molecule has 5 nitrogen and oxygen atoms in total. The van der Waals surface area contributed by atoms with E-state index in [2.05, 4.69) is 23.4 Å². The van der Waals surface area contributed by atoms with E-state index < -0.39 is 17.6 Å². The van der Waals surface area contributed by atoms with Crippen molar-refractivity contribution in [1.29, 1.82) is 0 Å². The molecule has 1 aliphatic carbocycles. The van der Waals surface area contributed by atoms with Gasteiger partial charge in [0.2, 0.25) is 0 Å². The molecule has 2 aromatic rings. The average molecular weight is 405 g/mol. The number of benzene rings is 2. The van der Waals surface area contributed by atoms with Crippen LogP contribution in [0.25, 0.3) is 11.1 Å². The Morgan fingerprint density at radius 1 is 1.07 bits per heavy atom. The predicted octanol–water partition coefficient (Wildman–Crippen LogP) is 4.95. The van der Waals surface area contributed by atoms with E-state index in [-0.39, 0.29) is 12.5 Å². The lowest BCUT2D eigenvalue weighted by Gasteiger charge is -2.26. The molecule has 1 amide bonds. The molecule has 0 radical (unpaired) electrons. The van der Waals surface area contributed by atoms with Crippen LogP contribution in [0.1, 0.15) is 56.1 Å².